The van der Waals surface area contributed by atoms with Gasteiger partial charge in [0.25, 0.3) is 5.91 Å². The summed E-state index contributed by atoms with van der Waals surface area (Å²) in [5.41, 5.74) is 2.81. The van der Waals surface area contributed by atoms with Gasteiger partial charge in [0, 0.05) is 45.2 Å². The van der Waals surface area contributed by atoms with E-state index >= 15 is 0 Å². The molecule has 2 aliphatic heterocycles. The van der Waals surface area contributed by atoms with E-state index < -0.39 is 6.61 Å². The summed E-state index contributed by atoms with van der Waals surface area (Å²) in [5, 5.41) is 0. The van der Waals surface area contributed by atoms with Crippen molar-refractivity contribution in [3.05, 3.63) is 53.3 Å². The van der Waals surface area contributed by atoms with Gasteiger partial charge < -0.3 is 19.4 Å². The average molecular weight is 522 g/mol. The Bertz CT molecular complexity index is 1380. The number of alkyl halides is 2. The first kappa shape index (κ1) is 26.1. The normalized spacial score (nSPS) is 18.2. The number of fused-ring (bicyclic) bond motifs is 5. The minimum Gasteiger partial charge on any atom is -0.433 e. The van der Waals surface area contributed by atoms with Gasteiger partial charge >= 0.3 is 6.61 Å². The van der Waals surface area contributed by atoms with Crippen LogP contribution in [0.4, 0.5) is 8.78 Å². The van der Waals surface area contributed by atoms with Crippen molar-refractivity contribution in [3.8, 4) is 23.3 Å². The monoisotopic (exact) mass is 521 g/mol. The summed E-state index contributed by atoms with van der Waals surface area (Å²) in [7, 11) is 3.87. The van der Waals surface area contributed by atoms with E-state index in [1.807, 2.05) is 25.1 Å². The van der Waals surface area contributed by atoms with Gasteiger partial charge in [0.1, 0.15) is 11.5 Å². The second kappa shape index (κ2) is 11.1. The number of likely N-dealkylation sites (N-methyl/N-ethyl adjacent to an activating group) is 1. The van der Waals surface area contributed by atoms with E-state index in [9.17, 15) is 13.6 Å². The van der Waals surface area contributed by atoms with Crippen molar-refractivity contribution in [2.75, 3.05) is 46.8 Å². The number of hydrogen-bond donors (Lipinski definition) is 0. The van der Waals surface area contributed by atoms with E-state index in [4.69, 9.17) is 9.72 Å². The molecule has 0 saturated carbocycles. The van der Waals surface area contributed by atoms with Gasteiger partial charge in [-0.2, -0.15) is 8.78 Å². The maximum absolute atomic E-state index is 13.4. The van der Waals surface area contributed by atoms with Crippen molar-refractivity contribution in [1.82, 2.24) is 24.3 Å². The molecule has 3 heterocycles. The van der Waals surface area contributed by atoms with E-state index in [2.05, 4.69) is 28.7 Å². The number of aromatic nitrogens is 2. The summed E-state index contributed by atoms with van der Waals surface area (Å²) in [6, 6.07) is 10.1. The molecule has 2 aromatic carbocycles. The van der Waals surface area contributed by atoms with Crippen LogP contribution in [-0.2, 0) is 0 Å². The van der Waals surface area contributed by atoms with E-state index in [0.29, 0.717) is 28.8 Å². The third-order valence-corrected chi connectivity index (χ3v) is 7.43. The third-order valence-electron chi connectivity index (χ3n) is 7.43. The number of benzene rings is 2. The molecule has 1 amide bonds. The second-order valence-corrected chi connectivity index (χ2v) is 9.93. The number of piperazine rings is 1. The standard InChI is InChI=1S/C29H33F2N5O2/c1-4-23-27-32-22-13-12-20(9-6-5-7-14-35-17-15-33(2)16-18-35)19-24(22)36(27)26-21(28(37)34(23)3)10-8-11-25(26)38-29(30)31/h8,10-13,19,23,29H,4-5,7,14-18H2,1-3H3. The van der Waals surface area contributed by atoms with Gasteiger partial charge in [-0.3, -0.25) is 9.36 Å². The lowest BCUT2D eigenvalue weighted by atomic mass is 10.1. The number of amides is 1. The van der Waals surface area contributed by atoms with E-state index in [1.165, 1.54) is 6.07 Å². The lowest BCUT2D eigenvalue weighted by molar-refractivity contribution is -0.0498. The van der Waals surface area contributed by atoms with Gasteiger partial charge in [-0.05, 0) is 56.8 Å². The number of unbranched alkanes of at least 4 members (excludes halogenated alkanes) is 1. The fourth-order valence-electron chi connectivity index (χ4n) is 5.34. The molecular formula is C29H33F2N5O2. The van der Waals surface area contributed by atoms with E-state index in [1.54, 1.807) is 28.6 Å². The van der Waals surface area contributed by atoms with Crippen LogP contribution < -0.4 is 4.74 Å². The van der Waals surface area contributed by atoms with Crippen molar-refractivity contribution in [2.24, 2.45) is 0 Å². The molecule has 38 heavy (non-hydrogen) atoms. The number of hydrogen-bond acceptors (Lipinski definition) is 5. The number of rotatable bonds is 6. The molecule has 1 saturated heterocycles. The van der Waals surface area contributed by atoms with Gasteiger partial charge in [0.15, 0.2) is 5.75 Å². The van der Waals surface area contributed by atoms with Crippen LogP contribution in [0.15, 0.2) is 36.4 Å². The number of ether oxygens (including phenoxy) is 1. The first-order valence-electron chi connectivity index (χ1n) is 13.1. The van der Waals surface area contributed by atoms with Gasteiger partial charge in [-0.1, -0.05) is 24.8 Å². The SMILES string of the molecule is CCC1c2nc3ccc(C#CCCCN4CCN(C)CC4)cc3n2-c2c(OC(F)F)cccc2C(=O)N1C. The highest BCUT2D eigenvalue weighted by atomic mass is 19.3. The zero-order valence-electron chi connectivity index (χ0n) is 22.1. The molecule has 0 N–H and O–H groups in total. The van der Waals surface area contributed by atoms with Gasteiger partial charge in [0.2, 0.25) is 0 Å². The number of imidazole rings is 1. The molecule has 1 unspecified atom stereocenters. The highest BCUT2D eigenvalue weighted by molar-refractivity contribution is 6.00. The average Bonchev–Trinajstić information content (AvgIpc) is 3.23. The molecule has 200 valence electrons. The molecule has 0 bridgehead atoms. The molecule has 7 nitrogen and oxygen atoms in total. The second-order valence-electron chi connectivity index (χ2n) is 9.93. The Morgan fingerprint density at radius 2 is 1.92 bits per heavy atom. The molecule has 0 spiro atoms. The lowest BCUT2D eigenvalue weighted by Crippen LogP contribution is -2.44. The molecule has 0 radical (unpaired) electrons. The van der Waals surface area contributed by atoms with Gasteiger partial charge in [-0.25, -0.2) is 4.98 Å². The minimum atomic E-state index is -3.02. The first-order valence-corrected chi connectivity index (χ1v) is 13.1. The summed E-state index contributed by atoms with van der Waals surface area (Å²) in [6.45, 7) is 4.41. The number of carbonyl (C=O) groups excluding carboxylic acids is 1. The molecule has 3 aromatic rings. The number of halogens is 2. The zero-order chi connectivity index (χ0) is 26.8. The zero-order valence-corrected chi connectivity index (χ0v) is 22.1. The van der Waals surface area contributed by atoms with Crippen LogP contribution in [0.2, 0.25) is 0 Å². The van der Waals surface area contributed by atoms with Crippen molar-refractivity contribution >= 4 is 16.9 Å². The van der Waals surface area contributed by atoms with Crippen molar-refractivity contribution in [2.45, 2.75) is 38.8 Å². The molecule has 0 aliphatic carbocycles. The van der Waals surface area contributed by atoms with Crippen molar-refractivity contribution in [1.29, 1.82) is 0 Å². The first-order chi connectivity index (χ1) is 18.4. The maximum Gasteiger partial charge on any atom is 0.387 e. The summed E-state index contributed by atoms with van der Waals surface area (Å²) < 4.78 is 33.4. The van der Waals surface area contributed by atoms with E-state index in [0.717, 1.165) is 51.1 Å². The predicted octanol–water partition coefficient (Wildman–Crippen LogP) is 4.54. The Morgan fingerprint density at radius 1 is 1.13 bits per heavy atom. The Morgan fingerprint density at radius 3 is 2.66 bits per heavy atom. The smallest absolute Gasteiger partial charge is 0.387 e. The fourth-order valence-corrected chi connectivity index (χ4v) is 5.34. The van der Waals surface area contributed by atoms with Crippen molar-refractivity contribution in [3.63, 3.8) is 0 Å². The van der Waals surface area contributed by atoms with Crippen molar-refractivity contribution < 1.29 is 18.3 Å². The molecule has 9 heteroatoms. The predicted molar refractivity (Wildman–Crippen MR) is 143 cm³/mol. The van der Waals surface area contributed by atoms with E-state index in [-0.39, 0.29) is 23.4 Å². The number of carbonyl (C=O) groups is 1. The number of para-hydroxylation sites is 1. The van der Waals surface area contributed by atoms with Crippen LogP contribution >= 0.6 is 0 Å². The van der Waals surface area contributed by atoms with Crippen LogP contribution in [0.25, 0.3) is 16.7 Å². The van der Waals surface area contributed by atoms with Crippen LogP contribution in [0.1, 0.15) is 54.0 Å². The Hall–Kier alpha value is -3.48. The van der Waals surface area contributed by atoms with Crippen LogP contribution in [0.5, 0.6) is 5.75 Å². The van der Waals surface area contributed by atoms with Crippen LogP contribution in [0, 0.1) is 11.8 Å². The summed E-state index contributed by atoms with van der Waals surface area (Å²) in [5.74, 6) is 6.84. The van der Waals surface area contributed by atoms with Crippen LogP contribution in [-0.4, -0.2) is 83.6 Å². The Kier molecular flexibility index (Phi) is 7.63. The highest BCUT2D eigenvalue weighted by Gasteiger charge is 2.35. The highest BCUT2D eigenvalue weighted by Crippen LogP contribution is 2.40. The minimum absolute atomic E-state index is 0.0584. The largest absolute Gasteiger partial charge is 0.433 e. The van der Waals surface area contributed by atoms with Gasteiger partial charge in [-0.15, -0.1) is 0 Å². The quantitative estimate of drug-likeness (QED) is 0.352. The lowest BCUT2D eigenvalue weighted by Gasteiger charge is -2.32. The third kappa shape index (κ3) is 5.11. The Labute approximate surface area is 222 Å². The summed E-state index contributed by atoms with van der Waals surface area (Å²) in [4.78, 5) is 24.7. The maximum atomic E-state index is 13.4. The Balaban J connectivity index is 1.49. The molecule has 1 fully saturated rings. The summed E-state index contributed by atoms with van der Waals surface area (Å²) >= 11 is 0. The van der Waals surface area contributed by atoms with Crippen LogP contribution in [0.3, 0.4) is 0 Å². The van der Waals surface area contributed by atoms with Gasteiger partial charge in [0.05, 0.1) is 22.6 Å². The molecule has 2 aliphatic rings. The topological polar surface area (TPSA) is 53.8 Å². The number of nitrogens with zero attached hydrogens (tertiary/aromatic N) is 5. The molecule has 1 aromatic heterocycles. The fraction of sp³-hybridized carbons (Fsp3) is 0.448. The summed E-state index contributed by atoms with van der Waals surface area (Å²) in [6.07, 6.45) is 2.42. The molecule has 5 rings (SSSR count). The molecule has 1 atom stereocenters. The molecular weight excluding hydrogens is 488 g/mol.